The lowest BCUT2D eigenvalue weighted by molar-refractivity contribution is 0.599. The largest absolute Gasteiger partial charge is 0.326 e. The van der Waals surface area contributed by atoms with Gasteiger partial charge in [0.2, 0.25) is 0 Å². The maximum atomic E-state index is 13.8. The van der Waals surface area contributed by atoms with E-state index in [1.54, 1.807) is 6.07 Å². The van der Waals surface area contributed by atoms with Gasteiger partial charge in [0.25, 0.3) is 0 Å². The van der Waals surface area contributed by atoms with Crippen LogP contribution in [0, 0.1) is 12.7 Å². The SMILES string of the molecule is Cc1ccccc1Sc1ccc(CN)cc1F. The maximum Gasteiger partial charge on any atom is 0.137 e. The molecule has 0 fully saturated rings. The van der Waals surface area contributed by atoms with Crippen molar-refractivity contribution in [3.8, 4) is 0 Å². The van der Waals surface area contributed by atoms with E-state index in [1.165, 1.54) is 17.8 Å². The molecule has 2 aromatic carbocycles. The van der Waals surface area contributed by atoms with Crippen molar-refractivity contribution >= 4 is 11.8 Å². The van der Waals surface area contributed by atoms with E-state index in [0.29, 0.717) is 11.4 Å². The summed E-state index contributed by atoms with van der Waals surface area (Å²) >= 11 is 1.44. The maximum absolute atomic E-state index is 13.8. The summed E-state index contributed by atoms with van der Waals surface area (Å²) in [4.78, 5) is 1.71. The van der Waals surface area contributed by atoms with Crippen molar-refractivity contribution in [2.45, 2.75) is 23.3 Å². The van der Waals surface area contributed by atoms with Crippen LogP contribution in [0.5, 0.6) is 0 Å². The van der Waals surface area contributed by atoms with E-state index in [0.717, 1.165) is 16.0 Å². The summed E-state index contributed by atoms with van der Waals surface area (Å²) in [6, 6.07) is 13.1. The fourth-order valence-corrected chi connectivity index (χ4v) is 2.45. The summed E-state index contributed by atoms with van der Waals surface area (Å²) < 4.78 is 13.8. The molecule has 0 aliphatic heterocycles. The summed E-state index contributed by atoms with van der Waals surface area (Å²) in [5.74, 6) is -0.207. The van der Waals surface area contributed by atoms with Gasteiger partial charge in [0.15, 0.2) is 0 Å². The average Bonchev–Trinajstić information content (AvgIpc) is 2.34. The van der Waals surface area contributed by atoms with Crippen molar-refractivity contribution in [3.05, 3.63) is 59.4 Å². The zero-order chi connectivity index (χ0) is 12.3. The van der Waals surface area contributed by atoms with E-state index in [1.807, 2.05) is 37.3 Å². The molecule has 0 amide bonds. The van der Waals surface area contributed by atoms with Crippen molar-refractivity contribution in [1.82, 2.24) is 0 Å². The van der Waals surface area contributed by atoms with Crippen LogP contribution < -0.4 is 5.73 Å². The van der Waals surface area contributed by atoms with E-state index < -0.39 is 0 Å². The number of halogens is 1. The molecule has 2 rings (SSSR count). The van der Waals surface area contributed by atoms with Gasteiger partial charge in [-0.15, -0.1) is 0 Å². The van der Waals surface area contributed by atoms with Gasteiger partial charge in [-0.3, -0.25) is 0 Å². The van der Waals surface area contributed by atoms with E-state index >= 15 is 0 Å². The Bertz CT molecular complexity index is 525. The first-order valence-corrected chi connectivity index (χ1v) is 6.24. The molecule has 0 spiro atoms. The fourth-order valence-electron chi connectivity index (χ4n) is 1.54. The molecule has 2 aromatic rings. The molecular formula is C14H14FNS. The van der Waals surface area contributed by atoms with Crippen molar-refractivity contribution in [2.75, 3.05) is 0 Å². The van der Waals surface area contributed by atoms with Crippen LogP contribution in [0.4, 0.5) is 4.39 Å². The molecule has 0 aliphatic rings. The standard InChI is InChI=1S/C14H14FNS/c1-10-4-2-3-5-13(10)17-14-7-6-11(9-16)8-12(14)15/h2-8H,9,16H2,1H3. The molecule has 17 heavy (non-hydrogen) atoms. The smallest absolute Gasteiger partial charge is 0.137 e. The second-order valence-electron chi connectivity index (χ2n) is 3.84. The summed E-state index contributed by atoms with van der Waals surface area (Å²) in [5, 5.41) is 0. The molecule has 0 unspecified atom stereocenters. The number of nitrogens with two attached hydrogens (primary N) is 1. The Balaban J connectivity index is 2.28. The summed E-state index contributed by atoms with van der Waals surface area (Å²) in [7, 11) is 0. The van der Waals surface area contributed by atoms with Crippen LogP contribution in [0.1, 0.15) is 11.1 Å². The molecule has 0 saturated carbocycles. The number of rotatable bonds is 3. The highest BCUT2D eigenvalue weighted by Crippen LogP contribution is 2.32. The van der Waals surface area contributed by atoms with Crippen molar-refractivity contribution < 1.29 is 4.39 Å². The number of hydrogen-bond acceptors (Lipinski definition) is 2. The molecule has 0 saturated heterocycles. The highest BCUT2D eigenvalue weighted by Gasteiger charge is 2.06. The van der Waals surface area contributed by atoms with Crippen molar-refractivity contribution in [3.63, 3.8) is 0 Å². The summed E-state index contributed by atoms with van der Waals surface area (Å²) in [5.41, 5.74) is 7.44. The third-order valence-corrected chi connectivity index (χ3v) is 3.77. The Kier molecular flexibility index (Phi) is 3.82. The van der Waals surface area contributed by atoms with E-state index in [-0.39, 0.29) is 5.82 Å². The molecule has 0 aliphatic carbocycles. The van der Waals surface area contributed by atoms with Gasteiger partial charge in [-0.25, -0.2) is 4.39 Å². The van der Waals surface area contributed by atoms with Crippen LogP contribution in [-0.2, 0) is 6.54 Å². The quantitative estimate of drug-likeness (QED) is 0.894. The lowest BCUT2D eigenvalue weighted by Crippen LogP contribution is -1.97. The third kappa shape index (κ3) is 2.87. The minimum atomic E-state index is -0.207. The van der Waals surface area contributed by atoms with Gasteiger partial charge < -0.3 is 5.73 Å². The topological polar surface area (TPSA) is 26.0 Å². The van der Waals surface area contributed by atoms with Crippen LogP contribution in [-0.4, -0.2) is 0 Å². The normalized spacial score (nSPS) is 10.5. The summed E-state index contributed by atoms with van der Waals surface area (Å²) in [6.45, 7) is 2.39. The van der Waals surface area contributed by atoms with E-state index in [9.17, 15) is 4.39 Å². The Morgan fingerprint density at radius 3 is 2.53 bits per heavy atom. The number of hydrogen-bond donors (Lipinski definition) is 1. The lowest BCUT2D eigenvalue weighted by atomic mass is 10.2. The Hall–Kier alpha value is -1.32. The first-order valence-electron chi connectivity index (χ1n) is 5.42. The fraction of sp³-hybridized carbons (Fsp3) is 0.143. The third-order valence-electron chi connectivity index (χ3n) is 2.55. The Labute approximate surface area is 105 Å². The molecule has 0 aromatic heterocycles. The van der Waals surface area contributed by atoms with Crippen LogP contribution in [0.25, 0.3) is 0 Å². The molecule has 88 valence electrons. The Morgan fingerprint density at radius 2 is 1.88 bits per heavy atom. The van der Waals surface area contributed by atoms with Crippen LogP contribution >= 0.6 is 11.8 Å². The lowest BCUT2D eigenvalue weighted by Gasteiger charge is -2.07. The van der Waals surface area contributed by atoms with Crippen molar-refractivity contribution in [1.29, 1.82) is 0 Å². The second-order valence-corrected chi connectivity index (χ2v) is 4.92. The van der Waals surface area contributed by atoms with Gasteiger partial charge in [-0.2, -0.15) is 0 Å². The Morgan fingerprint density at radius 1 is 1.12 bits per heavy atom. The van der Waals surface area contributed by atoms with Crippen molar-refractivity contribution in [2.24, 2.45) is 5.73 Å². The molecule has 0 radical (unpaired) electrons. The average molecular weight is 247 g/mol. The molecule has 1 nitrogen and oxygen atoms in total. The minimum absolute atomic E-state index is 0.207. The number of aryl methyl sites for hydroxylation is 1. The monoisotopic (exact) mass is 247 g/mol. The minimum Gasteiger partial charge on any atom is -0.326 e. The first kappa shape index (κ1) is 12.1. The number of benzene rings is 2. The van der Waals surface area contributed by atoms with Gasteiger partial charge in [0, 0.05) is 16.3 Å². The molecule has 0 atom stereocenters. The van der Waals surface area contributed by atoms with Gasteiger partial charge in [0.1, 0.15) is 5.82 Å². The highest BCUT2D eigenvalue weighted by atomic mass is 32.2. The zero-order valence-corrected chi connectivity index (χ0v) is 10.4. The molecule has 2 N–H and O–H groups in total. The highest BCUT2D eigenvalue weighted by molar-refractivity contribution is 7.99. The molecule has 0 bridgehead atoms. The second kappa shape index (κ2) is 5.34. The summed E-state index contributed by atoms with van der Waals surface area (Å²) in [6.07, 6.45) is 0. The van der Waals surface area contributed by atoms with Crippen LogP contribution in [0.3, 0.4) is 0 Å². The molecule has 0 heterocycles. The predicted molar refractivity (Wildman–Crippen MR) is 69.6 cm³/mol. The molecule has 3 heteroatoms. The van der Waals surface area contributed by atoms with Gasteiger partial charge in [-0.05, 0) is 36.2 Å². The van der Waals surface area contributed by atoms with E-state index in [4.69, 9.17) is 5.73 Å². The zero-order valence-electron chi connectivity index (χ0n) is 9.61. The van der Waals surface area contributed by atoms with Gasteiger partial charge >= 0.3 is 0 Å². The molecular weight excluding hydrogens is 233 g/mol. The predicted octanol–water partition coefficient (Wildman–Crippen LogP) is 3.74. The van der Waals surface area contributed by atoms with Crippen LogP contribution in [0.15, 0.2) is 52.3 Å². The van der Waals surface area contributed by atoms with Gasteiger partial charge in [-0.1, -0.05) is 36.0 Å². The van der Waals surface area contributed by atoms with Crippen LogP contribution in [0.2, 0.25) is 0 Å². The van der Waals surface area contributed by atoms with E-state index in [2.05, 4.69) is 0 Å². The van der Waals surface area contributed by atoms with Gasteiger partial charge in [0.05, 0.1) is 0 Å². The first-order chi connectivity index (χ1) is 8.20.